The molecule has 140 valence electrons. The summed E-state index contributed by atoms with van der Waals surface area (Å²) in [6.45, 7) is 2.62. The topological polar surface area (TPSA) is 65.4 Å². The maximum absolute atomic E-state index is 12.7. The molecule has 27 heavy (non-hydrogen) atoms. The number of nitrogens with one attached hydrogen (secondary N) is 1. The molecule has 1 heterocycles. The van der Waals surface area contributed by atoms with Crippen LogP contribution in [0.1, 0.15) is 23.7 Å². The second-order valence-electron chi connectivity index (χ2n) is 5.99. The monoisotopic (exact) mass is 365 g/mol. The molecule has 3 aromatic rings. The number of hydrogen-bond acceptors (Lipinski definition) is 4. The molecule has 0 saturated heterocycles. The van der Waals surface area contributed by atoms with Crippen molar-refractivity contribution in [2.45, 2.75) is 13.3 Å². The third kappa shape index (κ3) is 3.95. The summed E-state index contributed by atoms with van der Waals surface area (Å²) in [5, 5.41) is 7.60. The normalized spacial score (nSPS) is 10.5. The fourth-order valence-electron chi connectivity index (χ4n) is 2.78. The number of hydrogen-bond donors (Lipinski definition) is 1. The Kier molecular flexibility index (Phi) is 5.76. The lowest BCUT2D eigenvalue weighted by molar-refractivity contribution is 0.0954. The Morgan fingerprint density at radius 2 is 1.89 bits per heavy atom. The van der Waals surface area contributed by atoms with Gasteiger partial charge in [-0.05, 0) is 30.7 Å². The molecular weight excluding hydrogens is 342 g/mol. The van der Waals surface area contributed by atoms with Gasteiger partial charge >= 0.3 is 0 Å². The molecular formula is C21H23N3O3. The highest BCUT2D eigenvalue weighted by atomic mass is 16.5. The molecule has 0 aliphatic rings. The lowest BCUT2D eigenvalue weighted by Gasteiger charge is -2.10. The largest absolute Gasteiger partial charge is 0.497 e. The SMILES string of the molecule is CCCNC(=O)c1cn(-c2ccccc2)nc1-c1ccc(OC)cc1OC. The van der Waals surface area contributed by atoms with Gasteiger partial charge in [0.05, 0.1) is 25.5 Å². The second kappa shape index (κ2) is 8.40. The van der Waals surface area contributed by atoms with Crippen LogP contribution in [0.3, 0.4) is 0 Å². The first-order chi connectivity index (χ1) is 13.2. The molecule has 1 aromatic heterocycles. The smallest absolute Gasteiger partial charge is 0.255 e. The summed E-state index contributed by atoms with van der Waals surface area (Å²) >= 11 is 0. The van der Waals surface area contributed by atoms with Gasteiger partial charge in [-0.15, -0.1) is 0 Å². The number of para-hydroxylation sites is 1. The number of carbonyl (C=O) groups is 1. The molecule has 0 unspecified atom stereocenters. The van der Waals surface area contributed by atoms with Crippen molar-refractivity contribution in [2.24, 2.45) is 0 Å². The molecule has 6 heteroatoms. The highest BCUT2D eigenvalue weighted by Gasteiger charge is 2.21. The quantitative estimate of drug-likeness (QED) is 0.693. The molecule has 0 bridgehead atoms. The standard InChI is InChI=1S/C21H23N3O3/c1-4-12-22-21(25)18-14-24(15-8-6-5-7-9-15)23-20(18)17-11-10-16(26-2)13-19(17)27-3/h5-11,13-14H,4,12H2,1-3H3,(H,22,25). The molecule has 0 radical (unpaired) electrons. The van der Waals surface area contributed by atoms with E-state index in [9.17, 15) is 4.79 Å². The van der Waals surface area contributed by atoms with Crippen molar-refractivity contribution in [1.29, 1.82) is 0 Å². The van der Waals surface area contributed by atoms with Crippen molar-refractivity contribution in [1.82, 2.24) is 15.1 Å². The first kappa shape index (κ1) is 18.5. The van der Waals surface area contributed by atoms with E-state index < -0.39 is 0 Å². The Balaban J connectivity index is 2.13. The highest BCUT2D eigenvalue weighted by Crippen LogP contribution is 2.34. The zero-order valence-corrected chi connectivity index (χ0v) is 15.7. The van der Waals surface area contributed by atoms with E-state index in [1.54, 1.807) is 31.2 Å². The van der Waals surface area contributed by atoms with E-state index in [1.165, 1.54) is 0 Å². The molecule has 0 spiro atoms. The van der Waals surface area contributed by atoms with Crippen LogP contribution in [0, 0.1) is 0 Å². The minimum absolute atomic E-state index is 0.160. The zero-order chi connectivity index (χ0) is 19.2. The van der Waals surface area contributed by atoms with E-state index >= 15 is 0 Å². The van der Waals surface area contributed by atoms with E-state index in [2.05, 4.69) is 10.4 Å². The Morgan fingerprint density at radius 3 is 2.56 bits per heavy atom. The summed E-state index contributed by atoms with van der Waals surface area (Å²) in [6, 6.07) is 15.1. The lowest BCUT2D eigenvalue weighted by Crippen LogP contribution is -2.24. The Morgan fingerprint density at radius 1 is 1.11 bits per heavy atom. The van der Waals surface area contributed by atoms with Crippen LogP contribution in [0.15, 0.2) is 54.7 Å². The van der Waals surface area contributed by atoms with Crippen LogP contribution in [0.5, 0.6) is 11.5 Å². The van der Waals surface area contributed by atoms with Crippen LogP contribution in [-0.4, -0.2) is 36.5 Å². The average molecular weight is 365 g/mol. The van der Waals surface area contributed by atoms with E-state index in [0.717, 1.165) is 17.7 Å². The van der Waals surface area contributed by atoms with Gasteiger partial charge in [-0.1, -0.05) is 25.1 Å². The van der Waals surface area contributed by atoms with Gasteiger partial charge in [-0.2, -0.15) is 5.10 Å². The fourth-order valence-corrected chi connectivity index (χ4v) is 2.78. The fraction of sp³-hybridized carbons (Fsp3) is 0.238. The summed E-state index contributed by atoms with van der Waals surface area (Å²) in [7, 11) is 3.19. The van der Waals surface area contributed by atoms with Crippen molar-refractivity contribution in [3.05, 3.63) is 60.3 Å². The minimum Gasteiger partial charge on any atom is -0.497 e. The van der Waals surface area contributed by atoms with Crippen molar-refractivity contribution in [3.63, 3.8) is 0 Å². The second-order valence-corrected chi connectivity index (χ2v) is 5.99. The summed E-state index contributed by atoms with van der Waals surface area (Å²) in [6.07, 6.45) is 2.61. The van der Waals surface area contributed by atoms with Crippen LogP contribution >= 0.6 is 0 Å². The number of carbonyl (C=O) groups excluding carboxylic acids is 1. The summed E-state index contributed by atoms with van der Waals surface area (Å²) < 4.78 is 12.5. The van der Waals surface area contributed by atoms with Gasteiger partial charge in [-0.25, -0.2) is 4.68 Å². The molecule has 1 N–H and O–H groups in total. The molecule has 0 aliphatic heterocycles. The third-order valence-electron chi connectivity index (χ3n) is 4.18. The maximum Gasteiger partial charge on any atom is 0.255 e. The van der Waals surface area contributed by atoms with Crippen LogP contribution in [0.4, 0.5) is 0 Å². The van der Waals surface area contributed by atoms with Gasteiger partial charge in [0.1, 0.15) is 17.2 Å². The molecule has 2 aromatic carbocycles. The predicted octanol–water partition coefficient (Wildman–Crippen LogP) is 3.70. The van der Waals surface area contributed by atoms with Crippen LogP contribution < -0.4 is 14.8 Å². The van der Waals surface area contributed by atoms with Crippen LogP contribution in [0.25, 0.3) is 16.9 Å². The molecule has 1 amide bonds. The summed E-state index contributed by atoms with van der Waals surface area (Å²) in [4.78, 5) is 12.7. The van der Waals surface area contributed by atoms with E-state index in [1.807, 2.05) is 49.4 Å². The molecule has 6 nitrogen and oxygen atoms in total. The highest BCUT2D eigenvalue weighted by molar-refractivity contribution is 6.00. The van der Waals surface area contributed by atoms with Gasteiger partial charge in [0.25, 0.3) is 5.91 Å². The van der Waals surface area contributed by atoms with E-state index in [4.69, 9.17) is 9.47 Å². The molecule has 3 rings (SSSR count). The predicted molar refractivity (Wildman–Crippen MR) is 105 cm³/mol. The minimum atomic E-state index is -0.160. The molecule has 0 aliphatic carbocycles. The molecule has 0 fully saturated rings. The summed E-state index contributed by atoms with van der Waals surface area (Å²) in [5.41, 5.74) is 2.66. The Bertz CT molecular complexity index is 920. The number of ether oxygens (including phenoxy) is 2. The van der Waals surface area contributed by atoms with Gasteiger partial charge in [0.2, 0.25) is 0 Å². The van der Waals surface area contributed by atoms with Crippen molar-refractivity contribution in [2.75, 3.05) is 20.8 Å². The third-order valence-corrected chi connectivity index (χ3v) is 4.18. The van der Waals surface area contributed by atoms with Crippen molar-refractivity contribution < 1.29 is 14.3 Å². The first-order valence-electron chi connectivity index (χ1n) is 8.83. The van der Waals surface area contributed by atoms with Gasteiger partial charge < -0.3 is 14.8 Å². The average Bonchev–Trinajstić information content (AvgIpc) is 3.17. The number of amides is 1. The maximum atomic E-state index is 12.7. The van der Waals surface area contributed by atoms with Crippen molar-refractivity contribution in [3.8, 4) is 28.4 Å². The number of rotatable bonds is 7. The number of aromatic nitrogens is 2. The van der Waals surface area contributed by atoms with Crippen molar-refractivity contribution >= 4 is 5.91 Å². The Hall–Kier alpha value is -3.28. The zero-order valence-electron chi connectivity index (χ0n) is 15.7. The summed E-state index contributed by atoms with van der Waals surface area (Å²) in [5.74, 6) is 1.11. The Labute approximate surface area is 158 Å². The number of benzene rings is 2. The van der Waals surface area contributed by atoms with E-state index in [0.29, 0.717) is 29.3 Å². The lowest BCUT2D eigenvalue weighted by atomic mass is 10.1. The first-order valence-corrected chi connectivity index (χ1v) is 8.83. The van der Waals surface area contributed by atoms with Crippen LogP contribution in [0.2, 0.25) is 0 Å². The molecule has 0 atom stereocenters. The molecule has 0 saturated carbocycles. The van der Waals surface area contributed by atoms with Gasteiger partial charge in [-0.3, -0.25) is 4.79 Å². The number of methoxy groups -OCH3 is 2. The van der Waals surface area contributed by atoms with Crippen LogP contribution in [-0.2, 0) is 0 Å². The number of nitrogens with zero attached hydrogens (tertiary/aromatic N) is 2. The van der Waals surface area contributed by atoms with Gasteiger partial charge in [0.15, 0.2) is 0 Å². The van der Waals surface area contributed by atoms with Gasteiger partial charge in [0, 0.05) is 24.4 Å². The van der Waals surface area contributed by atoms with E-state index in [-0.39, 0.29) is 5.91 Å².